The third kappa shape index (κ3) is 2.16. The Labute approximate surface area is 125 Å². The van der Waals surface area contributed by atoms with E-state index in [9.17, 15) is 14.7 Å². The molecule has 2 atom stereocenters. The van der Waals surface area contributed by atoms with E-state index < -0.39 is 5.56 Å². The lowest BCUT2D eigenvalue weighted by Gasteiger charge is -2.11. The van der Waals surface area contributed by atoms with Gasteiger partial charge in [-0.2, -0.15) is 4.98 Å². The summed E-state index contributed by atoms with van der Waals surface area (Å²) in [6, 6.07) is -0.0769. The summed E-state index contributed by atoms with van der Waals surface area (Å²) in [5.74, 6) is 0.160. The SMILES string of the molecule is C=CCn1c(=O)n(C2CCC(CO)C2)c2nc(N)[nH]c(=O)c21. The van der Waals surface area contributed by atoms with Crippen molar-refractivity contribution >= 4 is 17.1 Å². The number of H-pyrrole nitrogens is 1. The second kappa shape index (κ2) is 5.45. The molecule has 2 aromatic rings. The number of aromatic nitrogens is 4. The Morgan fingerprint density at radius 3 is 2.86 bits per heavy atom. The van der Waals surface area contributed by atoms with E-state index in [0.29, 0.717) is 12.1 Å². The Kier molecular flexibility index (Phi) is 3.61. The van der Waals surface area contributed by atoms with Gasteiger partial charge in [-0.3, -0.25) is 18.9 Å². The van der Waals surface area contributed by atoms with Gasteiger partial charge >= 0.3 is 5.69 Å². The van der Waals surface area contributed by atoms with Crippen LogP contribution in [-0.4, -0.2) is 30.8 Å². The summed E-state index contributed by atoms with van der Waals surface area (Å²) in [4.78, 5) is 31.5. The lowest BCUT2D eigenvalue weighted by Crippen LogP contribution is -2.27. The monoisotopic (exact) mass is 305 g/mol. The maximum Gasteiger partial charge on any atom is 0.331 e. The minimum absolute atomic E-state index is 0.0151. The molecule has 1 fully saturated rings. The van der Waals surface area contributed by atoms with E-state index in [0.717, 1.165) is 12.8 Å². The number of nitrogen functional groups attached to an aromatic ring is 1. The van der Waals surface area contributed by atoms with Gasteiger partial charge in [-0.1, -0.05) is 6.08 Å². The Morgan fingerprint density at radius 2 is 2.23 bits per heavy atom. The van der Waals surface area contributed by atoms with Crippen molar-refractivity contribution in [1.82, 2.24) is 19.1 Å². The molecule has 4 N–H and O–H groups in total. The summed E-state index contributed by atoms with van der Waals surface area (Å²) in [6.45, 7) is 3.96. The van der Waals surface area contributed by atoms with Crippen LogP contribution in [0.4, 0.5) is 5.95 Å². The van der Waals surface area contributed by atoms with Gasteiger partial charge in [-0.05, 0) is 25.2 Å². The highest BCUT2D eigenvalue weighted by Crippen LogP contribution is 2.34. The van der Waals surface area contributed by atoms with Gasteiger partial charge in [0.2, 0.25) is 5.95 Å². The molecular weight excluding hydrogens is 286 g/mol. The minimum Gasteiger partial charge on any atom is -0.396 e. The maximum absolute atomic E-state index is 12.7. The van der Waals surface area contributed by atoms with Gasteiger partial charge < -0.3 is 10.8 Å². The number of aliphatic hydroxyl groups is 1. The summed E-state index contributed by atoms with van der Waals surface area (Å²) >= 11 is 0. The first-order valence-corrected chi connectivity index (χ1v) is 7.29. The lowest BCUT2D eigenvalue weighted by atomic mass is 10.1. The van der Waals surface area contributed by atoms with Gasteiger partial charge in [0.25, 0.3) is 5.56 Å². The fraction of sp³-hybridized carbons (Fsp3) is 0.500. The van der Waals surface area contributed by atoms with Crippen LogP contribution in [0.1, 0.15) is 25.3 Å². The average Bonchev–Trinajstić information content (AvgIpc) is 3.03. The number of hydrogen-bond acceptors (Lipinski definition) is 5. The highest BCUT2D eigenvalue weighted by molar-refractivity contribution is 5.71. The van der Waals surface area contributed by atoms with Crippen LogP contribution >= 0.6 is 0 Å². The first-order chi connectivity index (χ1) is 10.6. The van der Waals surface area contributed by atoms with Crippen molar-refractivity contribution in [3.8, 4) is 0 Å². The van der Waals surface area contributed by atoms with Crippen molar-refractivity contribution in [3.63, 3.8) is 0 Å². The average molecular weight is 305 g/mol. The standard InChI is InChI=1S/C14H19N5O3/c1-2-5-18-10-11(16-13(15)17-12(10)21)19(14(18)22)9-4-3-8(6-9)7-20/h2,8-9,20H,1,3-7H2,(H3,15,16,17,21). The molecule has 2 unspecified atom stereocenters. The zero-order valence-corrected chi connectivity index (χ0v) is 12.2. The molecular formula is C14H19N5O3. The fourth-order valence-electron chi connectivity index (χ4n) is 3.28. The van der Waals surface area contributed by atoms with E-state index in [4.69, 9.17) is 5.73 Å². The summed E-state index contributed by atoms with van der Waals surface area (Å²) in [5, 5.41) is 9.29. The van der Waals surface area contributed by atoms with Crippen molar-refractivity contribution in [3.05, 3.63) is 33.5 Å². The van der Waals surface area contributed by atoms with Gasteiger partial charge in [0.15, 0.2) is 11.2 Å². The predicted octanol–water partition coefficient (Wildman–Crippen LogP) is -0.0120. The molecule has 0 spiro atoms. The van der Waals surface area contributed by atoms with Crippen LogP contribution in [-0.2, 0) is 6.54 Å². The number of anilines is 1. The quantitative estimate of drug-likeness (QED) is 0.686. The maximum atomic E-state index is 12.7. The lowest BCUT2D eigenvalue weighted by molar-refractivity contribution is 0.226. The van der Waals surface area contributed by atoms with Crippen LogP contribution in [0.2, 0.25) is 0 Å². The second-order valence-corrected chi connectivity index (χ2v) is 5.69. The molecule has 8 nitrogen and oxygen atoms in total. The van der Waals surface area contributed by atoms with Crippen LogP contribution in [0.3, 0.4) is 0 Å². The van der Waals surface area contributed by atoms with Crippen LogP contribution in [0.15, 0.2) is 22.2 Å². The molecule has 0 aromatic carbocycles. The van der Waals surface area contributed by atoms with Gasteiger partial charge in [-0.25, -0.2) is 4.79 Å². The number of aliphatic hydroxyl groups excluding tert-OH is 1. The predicted molar refractivity (Wildman–Crippen MR) is 82.7 cm³/mol. The smallest absolute Gasteiger partial charge is 0.331 e. The summed E-state index contributed by atoms with van der Waals surface area (Å²) in [6.07, 6.45) is 3.87. The number of rotatable bonds is 4. The van der Waals surface area contributed by atoms with Gasteiger partial charge in [0, 0.05) is 19.2 Å². The van der Waals surface area contributed by atoms with E-state index in [2.05, 4.69) is 16.5 Å². The Bertz CT molecular complexity index is 831. The molecule has 1 saturated carbocycles. The number of nitrogens with zero attached hydrogens (tertiary/aromatic N) is 3. The second-order valence-electron chi connectivity index (χ2n) is 5.69. The number of imidazole rings is 1. The summed E-state index contributed by atoms with van der Waals surface area (Å²) in [5.41, 5.74) is 5.42. The van der Waals surface area contributed by atoms with E-state index in [1.54, 1.807) is 10.6 Å². The third-order valence-electron chi connectivity index (χ3n) is 4.28. The summed E-state index contributed by atoms with van der Waals surface area (Å²) in [7, 11) is 0. The first kappa shape index (κ1) is 14.6. The number of nitrogens with two attached hydrogens (primary N) is 1. The Morgan fingerprint density at radius 1 is 1.45 bits per heavy atom. The molecule has 0 amide bonds. The van der Waals surface area contributed by atoms with Gasteiger partial charge in [-0.15, -0.1) is 6.58 Å². The molecule has 0 saturated heterocycles. The zero-order chi connectivity index (χ0) is 15.9. The number of aromatic amines is 1. The van der Waals surface area contributed by atoms with Crippen molar-refractivity contribution in [1.29, 1.82) is 0 Å². The number of fused-ring (bicyclic) bond motifs is 1. The topological polar surface area (TPSA) is 119 Å². The molecule has 1 aliphatic carbocycles. The minimum atomic E-state index is -0.433. The number of nitrogens with one attached hydrogen (secondary N) is 1. The van der Waals surface area contributed by atoms with E-state index in [1.165, 1.54) is 4.57 Å². The highest BCUT2D eigenvalue weighted by Gasteiger charge is 2.30. The van der Waals surface area contributed by atoms with Crippen molar-refractivity contribution in [2.75, 3.05) is 12.3 Å². The Hall–Kier alpha value is -2.35. The third-order valence-corrected chi connectivity index (χ3v) is 4.28. The molecule has 2 heterocycles. The van der Waals surface area contributed by atoms with E-state index >= 15 is 0 Å². The largest absolute Gasteiger partial charge is 0.396 e. The van der Waals surface area contributed by atoms with E-state index in [1.807, 2.05) is 0 Å². The highest BCUT2D eigenvalue weighted by atomic mass is 16.3. The number of hydrogen-bond donors (Lipinski definition) is 3. The zero-order valence-electron chi connectivity index (χ0n) is 12.2. The molecule has 0 radical (unpaired) electrons. The van der Waals surface area contributed by atoms with Crippen LogP contribution < -0.4 is 17.0 Å². The molecule has 22 heavy (non-hydrogen) atoms. The van der Waals surface area contributed by atoms with Crippen molar-refractivity contribution < 1.29 is 5.11 Å². The molecule has 3 rings (SSSR count). The van der Waals surface area contributed by atoms with Crippen LogP contribution in [0.5, 0.6) is 0 Å². The Balaban J connectivity index is 2.26. The molecule has 0 aliphatic heterocycles. The van der Waals surface area contributed by atoms with Crippen LogP contribution in [0, 0.1) is 5.92 Å². The van der Waals surface area contributed by atoms with Gasteiger partial charge in [0.05, 0.1) is 0 Å². The normalized spacial score (nSPS) is 21.5. The molecule has 2 aromatic heterocycles. The first-order valence-electron chi connectivity index (χ1n) is 7.29. The summed E-state index contributed by atoms with van der Waals surface area (Å²) < 4.78 is 2.90. The van der Waals surface area contributed by atoms with E-state index in [-0.39, 0.29) is 42.3 Å². The van der Waals surface area contributed by atoms with Crippen molar-refractivity contribution in [2.45, 2.75) is 31.8 Å². The van der Waals surface area contributed by atoms with Crippen LogP contribution in [0.25, 0.3) is 11.2 Å². The number of allylic oxidation sites excluding steroid dienone is 1. The molecule has 118 valence electrons. The molecule has 8 heteroatoms. The van der Waals surface area contributed by atoms with Crippen molar-refractivity contribution in [2.24, 2.45) is 5.92 Å². The van der Waals surface area contributed by atoms with Gasteiger partial charge in [0.1, 0.15) is 0 Å². The molecule has 0 bridgehead atoms. The fourth-order valence-corrected chi connectivity index (χ4v) is 3.28. The molecule has 1 aliphatic rings.